The monoisotopic (exact) mass is 301 g/mol. The Hall–Kier alpha value is -1.82. The lowest BCUT2D eigenvalue weighted by Crippen LogP contribution is -2.06. The lowest BCUT2D eigenvalue weighted by molar-refractivity contribution is -0.137. The largest absolute Gasteiger partial charge is 0.416 e. The summed E-state index contributed by atoms with van der Waals surface area (Å²) < 4.78 is 37.2. The highest BCUT2D eigenvalue weighted by molar-refractivity contribution is 6.28. The molecule has 0 unspecified atom stereocenters. The summed E-state index contributed by atoms with van der Waals surface area (Å²) in [6, 6.07) is 6.65. The number of benzene rings is 1. The standard InChI is InChI=1S/C13H11ClF3N3/c1-8-6-11(20-12(14)19-8)18-7-9-2-4-10(5-3-9)13(15,16)17/h2-6H,7H2,1H3,(H,18,19,20). The molecule has 20 heavy (non-hydrogen) atoms. The van der Waals surface area contributed by atoms with E-state index in [0.717, 1.165) is 12.1 Å². The van der Waals surface area contributed by atoms with E-state index in [-0.39, 0.29) is 5.28 Å². The van der Waals surface area contributed by atoms with Crippen LogP contribution in [0.1, 0.15) is 16.8 Å². The van der Waals surface area contributed by atoms with Crippen molar-refractivity contribution in [2.45, 2.75) is 19.6 Å². The van der Waals surface area contributed by atoms with Crippen LogP contribution in [0.5, 0.6) is 0 Å². The number of aromatic nitrogens is 2. The summed E-state index contributed by atoms with van der Waals surface area (Å²) in [5.74, 6) is 0.530. The summed E-state index contributed by atoms with van der Waals surface area (Å²) in [6.07, 6.45) is -4.32. The molecule has 0 amide bonds. The third-order valence-corrected chi connectivity index (χ3v) is 2.75. The maximum Gasteiger partial charge on any atom is 0.416 e. The number of hydrogen-bond acceptors (Lipinski definition) is 3. The second kappa shape index (κ2) is 5.66. The first-order chi connectivity index (χ1) is 9.34. The van der Waals surface area contributed by atoms with E-state index in [0.29, 0.717) is 23.6 Å². The Kier molecular flexibility index (Phi) is 4.13. The van der Waals surface area contributed by atoms with Crippen molar-refractivity contribution in [1.29, 1.82) is 0 Å². The molecule has 7 heteroatoms. The average molecular weight is 302 g/mol. The number of nitrogens with zero attached hydrogens (tertiary/aromatic N) is 2. The molecule has 106 valence electrons. The van der Waals surface area contributed by atoms with Crippen LogP contribution in [0.2, 0.25) is 5.28 Å². The smallest absolute Gasteiger partial charge is 0.366 e. The second-order valence-corrected chi connectivity index (χ2v) is 4.55. The third kappa shape index (κ3) is 3.84. The second-order valence-electron chi connectivity index (χ2n) is 4.21. The summed E-state index contributed by atoms with van der Waals surface area (Å²) in [5.41, 5.74) is 0.757. The lowest BCUT2D eigenvalue weighted by atomic mass is 10.1. The Bertz CT molecular complexity index is 577. The van der Waals surface area contributed by atoms with E-state index in [4.69, 9.17) is 11.6 Å². The number of rotatable bonds is 3. The van der Waals surface area contributed by atoms with E-state index in [9.17, 15) is 13.2 Å². The van der Waals surface area contributed by atoms with Crippen LogP contribution in [0.4, 0.5) is 19.0 Å². The van der Waals surface area contributed by atoms with Gasteiger partial charge < -0.3 is 5.32 Å². The molecule has 0 spiro atoms. The van der Waals surface area contributed by atoms with Gasteiger partial charge in [0, 0.05) is 18.3 Å². The maximum atomic E-state index is 12.4. The van der Waals surface area contributed by atoms with Crippen LogP contribution in [-0.4, -0.2) is 9.97 Å². The summed E-state index contributed by atoms with van der Waals surface area (Å²) in [7, 11) is 0. The first-order valence-electron chi connectivity index (χ1n) is 5.76. The molecule has 0 saturated carbocycles. The highest BCUT2D eigenvalue weighted by Crippen LogP contribution is 2.29. The van der Waals surface area contributed by atoms with Crippen LogP contribution in [0.15, 0.2) is 30.3 Å². The minimum absolute atomic E-state index is 0.125. The zero-order valence-electron chi connectivity index (χ0n) is 10.5. The summed E-state index contributed by atoms with van der Waals surface area (Å²) in [4.78, 5) is 7.89. The molecule has 0 aliphatic carbocycles. The minimum Gasteiger partial charge on any atom is -0.366 e. The van der Waals surface area contributed by atoms with Crippen molar-refractivity contribution in [3.8, 4) is 0 Å². The van der Waals surface area contributed by atoms with Gasteiger partial charge in [-0.3, -0.25) is 0 Å². The zero-order valence-corrected chi connectivity index (χ0v) is 11.3. The fourth-order valence-corrected chi connectivity index (χ4v) is 1.85. The highest BCUT2D eigenvalue weighted by Gasteiger charge is 2.29. The van der Waals surface area contributed by atoms with Crippen LogP contribution in [-0.2, 0) is 12.7 Å². The average Bonchev–Trinajstić information content (AvgIpc) is 2.35. The predicted molar refractivity (Wildman–Crippen MR) is 70.5 cm³/mol. The summed E-state index contributed by atoms with van der Waals surface area (Å²) >= 11 is 5.72. The van der Waals surface area contributed by atoms with Gasteiger partial charge in [0.2, 0.25) is 5.28 Å². The van der Waals surface area contributed by atoms with Crippen LogP contribution in [0.25, 0.3) is 0 Å². The number of nitrogens with one attached hydrogen (secondary N) is 1. The van der Waals surface area contributed by atoms with Crippen molar-refractivity contribution in [3.05, 3.63) is 52.4 Å². The number of anilines is 1. The van der Waals surface area contributed by atoms with Crippen LogP contribution in [0, 0.1) is 6.92 Å². The molecule has 1 heterocycles. The van der Waals surface area contributed by atoms with Crippen molar-refractivity contribution in [2.24, 2.45) is 0 Å². The topological polar surface area (TPSA) is 37.8 Å². The fourth-order valence-electron chi connectivity index (χ4n) is 1.63. The third-order valence-electron chi connectivity index (χ3n) is 2.58. The minimum atomic E-state index is -4.32. The Morgan fingerprint density at radius 2 is 1.80 bits per heavy atom. The van der Waals surface area contributed by atoms with E-state index < -0.39 is 11.7 Å². The van der Waals surface area contributed by atoms with Crippen molar-refractivity contribution < 1.29 is 13.2 Å². The molecule has 0 fully saturated rings. The quantitative estimate of drug-likeness (QED) is 0.868. The number of hydrogen-bond donors (Lipinski definition) is 1. The number of aryl methyl sites for hydroxylation is 1. The van der Waals surface area contributed by atoms with Crippen molar-refractivity contribution in [1.82, 2.24) is 9.97 Å². The highest BCUT2D eigenvalue weighted by atomic mass is 35.5. The molecule has 1 N–H and O–H groups in total. The van der Waals surface area contributed by atoms with E-state index in [1.807, 2.05) is 0 Å². The fraction of sp³-hybridized carbons (Fsp3) is 0.231. The molecular weight excluding hydrogens is 291 g/mol. The Balaban J connectivity index is 2.04. The Labute approximate surface area is 118 Å². The molecule has 1 aromatic carbocycles. The molecule has 2 aromatic rings. The Morgan fingerprint density at radius 3 is 2.35 bits per heavy atom. The Morgan fingerprint density at radius 1 is 1.15 bits per heavy atom. The predicted octanol–water partition coefficient (Wildman–Crippen LogP) is 4.07. The van der Waals surface area contributed by atoms with Gasteiger partial charge in [-0.1, -0.05) is 12.1 Å². The van der Waals surface area contributed by atoms with Gasteiger partial charge in [0.1, 0.15) is 5.82 Å². The summed E-state index contributed by atoms with van der Waals surface area (Å²) in [6.45, 7) is 2.13. The van der Waals surface area contributed by atoms with Gasteiger partial charge in [-0.2, -0.15) is 13.2 Å². The lowest BCUT2D eigenvalue weighted by Gasteiger charge is -2.09. The van der Waals surface area contributed by atoms with Gasteiger partial charge in [0.15, 0.2) is 0 Å². The van der Waals surface area contributed by atoms with Crippen molar-refractivity contribution in [2.75, 3.05) is 5.32 Å². The summed E-state index contributed by atoms with van der Waals surface area (Å²) in [5, 5.41) is 3.11. The normalized spacial score (nSPS) is 11.4. The van der Waals surface area contributed by atoms with Crippen molar-refractivity contribution in [3.63, 3.8) is 0 Å². The van der Waals surface area contributed by atoms with Crippen LogP contribution >= 0.6 is 11.6 Å². The van der Waals surface area contributed by atoms with Gasteiger partial charge in [-0.15, -0.1) is 0 Å². The van der Waals surface area contributed by atoms with Crippen LogP contribution in [0.3, 0.4) is 0 Å². The molecule has 0 aliphatic rings. The van der Waals surface area contributed by atoms with Gasteiger partial charge in [0.25, 0.3) is 0 Å². The molecule has 3 nitrogen and oxygen atoms in total. The molecule has 1 aromatic heterocycles. The number of alkyl halides is 3. The van der Waals surface area contributed by atoms with E-state index in [1.165, 1.54) is 12.1 Å². The molecule has 0 atom stereocenters. The van der Waals surface area contributed by atoms with Crippen molar-refractivity contribution >= 4 is 17.4 Å². The van der Waals surface area contributed by atoms with Gasteiger partial charge in [0.05, 0.1) is 5.56 Å². The van der Waals surface area contributed by atoms with Gasteiger partial charge in [-0.25, -0.2) is 9.97 Å². The van der Waals surface area contributed by atoms with Crippen LogP contribution < -0.4 is 5.32 Å². The van der Waals surface area contributed by atoms with E-state index in [1.54, 1.807) is 13.0 Å². The molecule has 0 bridgehead atoms. The first-order valence-corrected chi connectivity index (χ1v) is 6.13. The van der Waals surface area contributed by atoms with E-state index in [2.05, 4.69) is 15.3 Å². The maximum absolute atomic E-state index is 12.4. The SMILES string of the molecule is Cc1cc(NCc2ccc(C(F)(F)F)cc2)nc(Cl)n1. The van der Waals surface area contributed by atoms with Gasteiger partial charge in [-0.05, 0) is 36.2 Å². The molecule has 0 aliphatic heterocycles. The zero-order chi connectivity index (χ0) is 14.8. The molecular formula is C13H11ClF3N3. The molecule has 0 saturated heterocycles. The molecule has 2 rings (SSSR count). The van der Waals surface area contributed by atoms with E-state index >= 15 is 0 Å². The molecule has 0 radical (unpaired) electrons. The first kappa shape index (κ1) is 14.6. The van der Waals surface area contributed by atoms with Gasteiger partial charge >= 0.3 is 6.18 Å². The number of halogens is 4.